The molecule has 7 nitrogen and oxygen atoms in total. The highest BCUT2D eigenvalue weighted by Gasteiger charge is 2.41. The standard InChI is InChI=1S/C24H33ClN4O3S/c1-7-16-8-14(2)9-17(10-24(4,5)13-26)29(16)23(30)15(3)18-11-27-22-20(18)21(25)19(12-28-22)32-33(6)31/h11-12,14-17H,7-10H2,1-6H3,(H,27,28). The van der Waals surface area contributed by atoms with Crippen LogP contribution >= 0.6 is 11.6 Å². The number of aromatic amines is 1. The topological polar surface area (TPSA) is 99.1 Å². The molecule has 3 rings (SSSR count). The van der Waals surface area contributed by atoms with Gasteiger partial charge in [0.15, 0.2) is 5.75 Å². The van der Waals surface area contributed by atoms with Crippen LogP contribution < -0.4 is 4.18 Å². The summed E-state index contributed by atoms with van der Waals surface area (Å²) in [7, 11) is 0. The van der Waals surface area contributed by atoms with Crippen molar-refractivity contribution in [2.45, 2.75) is 78.3 Å². The van der Waals surface area contributed by atoms with Gasteiger partial charge in [-0.2, -0.15) is 5.26 Å². The molecule has 1 N–H and O–H groups in total. The van der Waals surface area contributed by atoms with Gasteiger partial charge in [0.05, 0.1) is 28.6 Å². The summed E-state index contributed by atoms with van der Waals surface area (Å²) < 4.78 is 16.9. The maximum atomic E-state index is 14.0. The van der Waals surface area contributed by atoms with Gasteiger partial charge in [-0.05, 0) is 57.9 Å². The quantitative estimate of drug-likeness (QED) is 0.562. The summed E-state index contributed by atoms with van der Waals surface area (Å²) in [4.78, 5) is 23.4. The Morgan fingerprint density at radius 3 is 2.73 bits per heavy atom. The summed E-state index contributed by atoms with van der Waals surface area (Å²) in [5.74, 6) is 0.262. The van der Waals surface area contributed by atoms with Crippen LogP contribution in [0.4, 0.5) is 0 Å². The Kier molecular flexibility index (Phi) is 7.75. The first-order chi connectivity index (χ1) is 15.5. The van der Waals surface area contributed by atoms with Gasteiger partial charge in [0.25, 0.3) is 0 Å². The molecule has 1 aliphatic rings. The van der Waals surface area contributed by atoms with E-state index in [1.54, 1.807) is 6.20 Å². The van der Waals surface area contributed by atoms with Crippen LogP contribution in [0.5, 0.6) is 5.75 Å². The van der Waals surface area contributed by atoms with Crippen molar-refractivity contribution >= 4 is 39.6 Å². The summed E-state index contributed by atoms with van der Waals surface area (Å²) in [6, 6.07) is 2.53. The Balaban J connectivity index is 2.00. The molecule has 2 aromatic heterocycles. The fraction of sp³-hybridized carbons (Fsp3) is 0.625. The number of nitrogens with zero attached hydrogens (tertiary/aromatic N) is 3. The molecule has 180 valence electrons. The second kappa shape index (κ2) is 10.0. The number of nitriles is 1. The number of pyridine rings is 1. The Morgan fingerprint density at radius 1 is 1.45 bits per heavy atom. The Morgan fingerprint density at radius 2 is 2.12 bits per heavy atom. The van der Waals surface area contributed by atoms with E-state index in [1.165, 1.54) is 12.5 Å². The zero-order chi connectivity index (χ0) is 24.5. The number of rotatable bonds is 7. The second-order valence-electron chi connectivity index (χ2n) is 9.85. The van der Waals surface area contributed by atoms with E-state index in [0.717, 1.165) is 24.8 Å². The molecule has 9 heteroatoms. The van der Waals surface area contributed by atoms with E-state index in [4.69, 9.17) is 15.8 Å². The van der Waals surface area contributed by atoms with E-state index in [2.05, 4.69) is 29.9 Å². The molecule has 0 aromatic carbocycles. The molecular formula is C24H33ClN4O3S. The van der Waals surface area contributed by atoms with Crippen LogP contribution in [0.2, 0.25) is 5.02 Å². The molecule has 0 bridgehead atoms. The number of hydrogen-bond acceptors (Lipinski definition) is 5. The van der Waals surface area contributed by atoms with Crippen molar-refractivity contribution in [1.29, 1.82) is 5.26 Å². The van der Waals surface area contributed by atoms with Crippen molar-refractivity contribution in [2.24, 2.45) is 11.3 Å². The number of fused-ring (bicyclic) bond motifs is 1. The molecule has 1 amide bonds. The van der Waals surface area contributed by atoms with Crippen molar-refractivity contribution in [2.75, 3.05) is 6.26 Å². The number of hydrogen-bond donors (Lipinski definition) is 1. The first-order valence-electron chi connectivity index (χ1n) is 11.4. The van der Waals surface area contributed by atoms with Crippen molar-refractivity contribution in [3.8, 4) is 11.8 Å². The van der Waals surface area contributed by atoms with Gasteiger partial charge < -0.3 is 14.1 Å². The summed E-state index contributed by atoms with van der Waals surface area (Å²) in [5.41, 5.74) is 0.759. The van der Waals surface area contributed by atoms with Crippen molar-refractivity contribution in [1.82, 2.24) is 14.9 Å². The summed E-state index contributed by atoms with van der Waals surface area (Å²) in [6.07, 6.45) is 7.95. The minimum atomic E-state index is -1.55. The van der Waals surface area contributed by atoms with Gasteiger partial charge in [-0.15, -0.1) is 0 Å². The predicted molar refractivity (Wildman–Crippen MR) is 131 cm³/mol. The van der Waals surface area contributed by atoms with Gasteiger partial charge in [-0.3, -0.25) is 4.79 Å². The van der Waals surface area contributed by atoms with E-state index in [-0.39, 0.29) is 28.8 Å². The molecule has 1 fully saturated rings. The molecule has 0 aliphatic carbocycles. The number of amides is 1. The second-order valence-corrected chi connectivity index (χ2v) is 11.2. The molecule has 33 heavy (non-hydrogen) atoms. The normalized spacial score (nSPS) is 23.2. The van der Waals surface area contributed by atoms with Crippen molar-refractivity contribution in [3.05, 3.63) is 23.0 Å². The van der Waals surface area contributed by atoms with Gasteiger partial charge in [0, 0.05) is 29.9 Å². The molecule has 3 heterocycles. The Hall–Kier alpha value is -2.11. The molecule has 2 aromatic rings. The predicted octanol–water partition coefficient (Wildman–Crippen LogP) is 5.34. The molecule has 5 atom stereocenters. The molecule has 0 spiro atoms. The number of carbonyl (C=O) groups is 1. The van der Waals surface area contributed by atoms with Crippen LogP contribution in [-0.2, 0) is 15.9 Å². The maximum absolute atomic E-state index is 14.0. The van der Waals surface area contributed by atoms with Crippen LogP contribution in [0.15, 0.2) is 12.4 Å². The third kappa shape index (κ3) is 5.36. The summed E-state index contributed by atoms with van der Waals surface area (Å²) in [6.45, 7) is 10.1. The number of aromatic nitrogens is 2. The molecule has 0 radical (unpaired) electrons. The van der Waals surface area contributed by atoms with Gasteiger partial charge >= 0.3 is 0 Å². The number of likely N-dealkylation sites (tertiary alicyclic amines) is 1. The molecule has 5 unspecified atom stereocenters. The molecule has 1 aliphatic heterocycles. The Bertz CT molecular complexity index is 1090. The van der Waals surface area contributed by atoms with Crippen LogP contribution in [0, 0.1) is 22.7 Å². The first kappa shape index (κ1) is 25.5. The van der Waals surface area contributed by atoms with E-state index < -0.39 is 22.4 Å². The largest absolute Gasteiger partial charge is 0.397 e. The van der Waals surface area contributed by atoms with E-state index in [0.29, 0.717) is 23.4 Å². The average Bonchev–Trinajstić information content (AvgIpc) is 3.18. The SMILES string of the molecule is CCC1CC(C)CC(CC(C)(C)C#N)N1C(=O)C(C)c1c[nH]c2ncc(OS(C)=O)c(Cl)c12. The van der Waals surface area contributed by atoms with Crippen molar-refractivity contribution in [3.63, 3.8) is 0 Å². The fourth-order valence-corrected chi connectivity index (χ4v) is 5.75. The highest BCUT2D eigenvalue weighted by atomic mass is 35.5. The maximum Gasteiger partial charge on any atom is 0.230 e. The van der Waals surface area contributed by atoms with Gasteiger partial charge in [0.2, 0.25) is 17.0 Å². The lowest BCUT2D eigenvalue weighted by atomic mass is 9.78. The molecular weight excluding hydrogens is 460 g/mol. The number of nitrogens with one attached hydrogen (secondary N) is 1. The minimum absolute atomic E-state index is 0.00325. The number of carbonyl (C=O) groups excluding carboxylic acids is 1. The van der Waals surface area contributed by atoms with Crippen LogP contribution in [-0.4, -0.2) is 43.3 Å². The van der Waals surface area contributed by atoms with Crippen LogP contribution in [0.25, 0.3) is 11.0 Å². The summed E-state index contributed by atoms with van der Waals surface area (Å²) in [5, 5.41) is 10.5. The summed E-state index contributed by atoms with van der Waals surface area (Å²) >= 11 is 5.05. The molecule has 1 saturated heterocycles. The van der Waals surface area contributed by atoms with Crippen molar-refractivity contribution < 1.29 is 13.2 Å². The highest BCUT2D eigenvalue weighted by Crippen LogP contribution is 2.40. The first-order valence-corrected chi connectivity index (χ1v) is 13.3. The molecule has 0 saturated carbocycles. The smallest absolute Gasteiger partial charge is 0.230 e. The van der Waals surface area contributed by atoms with E-state index in [1.807, 2.05) is 25.7 Å². The number of piperidine rings is 1. The average molecular weight is 493 g/mol. The van der Waals surface area contributed by atoms with Crippen LogP contribution in [0.1, 0.15) is 71.8 Å². The lowest BCUT2D eigenvalue weighted by Crippen LogP contribution is -2.54. The van der Waals surface area contributed by atoms with Gasteiger partial charge in [-0.25, -0.2) is 9.19 Å². The lowest BCUT2D eigenvalue weighted by molar-refractivity contribution is -0.141. The zero-order valence-corrected chi connectivity index (χ0v) is 21.7. The number of H-pyrrole nitrogens is 1. The minimum Gasteiger partial charge on any atom is -0.397 e. The zero-order valence-electron chi connectivity index (χ0n) is 20.1. The third-order valence-electron chi connectivity index (χ3n) is 6.59. The lowest BCUT2D eigenvalue weighted by Gasteiger charge is -2.47. The van der Waals surface area contributed by atoms with Gasteiger partial charge in [0.1, 0.15) is 5.65 Å². The third-order valence-corrected chi connectivity index (χ3v) is 7.38. The monoisotopic (exact) mass is 492 g/mol. The van der Waals surface area contributed by atoms with Gasteiger partial charge in [-0.1, -0.05) is 25.4 Å². The highest BCUT2D eigenvalue weighted by molar-refractivity contribution is 7.79. The fourth-order valence-electron chi connectivity index (χ4n) is 5.04. The van der Waals surface area contributed by atoms with E-state index >= 15 is 0 Å². The number of halogens is 1. The van der Waals surface area contributed by atoms with E-state index in [9.17, 15) is 14.3 Å². The Labute approximate surface area is 203 Å². The van der Waals surface area contributed by atoms with Crippen LogP contribution in [0.3, 0.4) is 0 Å².